The second kappa shape index (κ2) is 4.39. The lowest BCUT2D eigenvalue weighted by Gasteiger charge is -2.32. The van der Waals surface area contributed by atoms with Gasteiger partial charge in [0.05, 0.1) is 4.75 Å². The van der Waals surface area contributed by atoms with Gasteiger partial charge in [0.25, 0.3) is 0 Å². The van der Waals surface area contributed by atoms with Gasteiger partial charge in [-0.1, -0.05) is 13.8 Å². The molecule has 92 valence electrons. The average molecular weight is 236 g/mol. The normalized spacial score (nSPS) is 14.7. The van der Waals surface area contributed by atoms with Crippen molar-refractivity contribution < 1.29 is 8.42 Å². The smallest absolute Gasteiger partial charge is 0.218 e. The number of sulfonamides is 1. The quantitative estimate of drug-likeness (QED) is 0.793. The molecule has 0 unspecified atom stereocenters. The van der Waals surface area contributed by atoms with Gasteiger partial charge in [0.15, 0.2) is 0 Å². The van der Waals surface area contributed by atoms with E-state index in [2.05, 4.69) is 0 Å². The zero-order valence-electron chi connectivity index (χ0n) is 10.7. The van der Waals surface area contributed by atoms with Crippen molar-refractivity contribution in [1.29, 1.82) is 0 Å². The first-order valence-corrected chi connectivity index (χ1v) is 6.54. The van der Waals surface area contributed by atoms with Crippen LogP contribution in [0.4, 0.5) is 0 Å². The molecule has 0 aromatic rings. The molecule has 0 aliphatic carbocycles. The van der Waals surface area contributed by atoms with Crippen LogP contribution in [-0.4, -0.2) is 37.6 Å². The van der Waals surface area contributed by atoms with Crippen LogP contribution in [0.25, 0.3) is 0 Å². The molecule has 2 N–H and O–H groups in total. The third-order valence-corrected chi connectivity index (χ3v) is 4.88. The van der Waals surface area contributed by atoms with Gasteiger partial charge in [0.2, 0.25) is 10.0 Å². The summed E-state index contributed by atoms with van der Waals surface area (Å²) in [4.78, 5) is 0. The van der Waals surface area contributed by atoms with Gasteiger partial charge in [-0.2, -0.15) is 0 Å². The summed E-state index contributed by atoms with van der Waals surface area (Å²) >= 11 is 0. The minimum atomic E-state index is -3.24. The van der Waals surface area contributed by atoms with Gasteiger partial charge < -0.3 is 5.73 Å². The molecule has 0 spiro atoms. The van der Waals surface area contributed by atoms with E-state index < -0.39 is 14.8 Å². The van der Waals surface area contributed by atoms with Gasteiger partial charge in [-0.25, -0.2) is 12.7 Å². The Morgan fingerprint density at radius 1 is 1.13 bits per heavy atom. The van der Waals surface area contributed by atoms with E-state index in [1.165, 1.54) is 4.31 Å². The molecule has 0 amide bonds. The molecule has 0 fully saturated rings. The molecule has 0 rings (SSSR count). The van der Waals surface area contributed by atoms with Crippen molar-refractivity contribution in [2.75, 3.05) is 20.1 Å². The molecule has 0 saturated heterocycles. The zero-order chi connectivity index (χ0) is 12.5. The van der Waals surface area contributed by atoms with Crippen molar-refractivity contribution in [3.8, 4) is 0 Å². The Labute approximate surface area is 93.9 Å². The SMILES string of the molecule is CN(CC(C)(C)CN)S(=O)(=O)C(C)(C)C. The van der Waals surface area contributed by atoms with Gasteiger partial charge >= 0.3 is 0 Å². The molecule has 0 radical (unpaired) electrons. The lowest BCUT2D eigenvalue weighted by Crippen LogP contribution is -2.46. The monoisotopic (exact) mass is 236 g/mol. The molecule has 15 heavy (non-hydrogen) atoms. The maximum Gasteiger partial charge on any atom is 0.218 e. The van der Waals surface area contributed by atoms with Crippen molar-refractivity contribution in [3.63, 3.8) is 0 Å². The molecule has 5 heteroatoms. The molecule has 0 atom stereocenters. The second-order valence-corrected chi connectivity index (χ2v) is 8.54. The predicted octanol–water partition coefficient (Wildman–Crippen LogP) is 1.03. The summed E-state index contributed by atoms with van der Waals surface area (Å²) in [5.41, 5.74) is 5.40. The van der Waals surface area contributed by atoms with Crippen molar-refractivity contribution in [3.05, 3.63) is 0 Å². The Morgan fingerprint density at radius 2 is 1.53 bits per heavy atom. The number of nitrogens with zero attached hydrogens (tertiary/aromatic N) is 1. The van der Waals surface area contributed by atoms with Crippen molar-refractivity contribution in [2.24, 2.45) is 11.1 Å². The minimum absolute atomic E-state index is 0.187. The van der Waals surface area contributed by atoms with Crippen LogP contribution in [-0.2, 0) is 10.0 Å². The van der Waals surface area contributed by atoms with E-state index in [4.69, 9.17) is 5.73 Å². The lowest BCUT2D eigenvalue weighted by atomic mass is 9.94. The molecule has 0 aliphatic rings. The topological polar surface area (TPSA) is 63.4 Å². The molecular weight excluding hydrogens is 212 g/mol. The van der Waals surface area contributed by atoms with E-state index in [-0.39, 0.29) is 5.41 Å². The van der Waals surface area contributed by atoms with Gasteiger partial charge in [0, 0.05) is 13.6 Å². The van der Waals surface area contributed by atoms with Gasteiger partial charge in [0.1, 0.15) is 0 Å². The minimum Gasteiger partial charge on any atom is -0.330 e. The Morgan fingerprint density at radius 3 is 1.80 bits per heavy atom. The first-order chi connectivity index (χ1) is 6.44. The Kier molecular flexibility index (Phi) is 4.35. The third-order valence-electron chi connectivity index (χ3n) is 2.39. The highest BCUT2D eigenvalue weighted by Gasteiger charge is 2.35. The van der Waals surface area contributed by atoms with E-state index >= 15 is 0 Å². The van der Waals surface area contributed by atoms with Crippen LogP contribution in [0.2, 0.25) is 0 Å². The third kappa shape index (κ3) is 3.74. The Hall–Kier alpha value is -0.130. The molecule has 0 aromatic carbocycles. The second-order valence-electron chi connectivity index (χ2n) is 5.74. The summed E-state index contributed by atoms with van der Waals surface area (Å²) in [5, 5.41) is 0. The Balaban J connectivity index is 4.83. The standard InChI is InChI=1S/C10H24N2O2S/c1-9(2,3)15(13,14)12(6)8-10(4,5)7-11/h7-8,11H2,1-6H3. The molecule has 0 aromatic heterocycles. The van der Waals surface area contributed by atoms with Crippen LogP contribution in [0.15, 0.2) is 0 Å². The van der Waals surface area contributed by atoms with E-state index in [1.807, 2.05) is 13.8 Å². The summed E-state index contributed by atoms with van der Waals surface area (Å²) in [6.07, 6.45) is 0. The van der Waals surface area contributed by atoms with Crippen LogP contribution in [0.1, 0.15) is 34.6 Å². The van der Waals surface area contributed by atoms with Crippen LogP contribution >= 0.6 is 0 Å². The molecule has 4 nitrogen and oxygen atoms in total. The van der Waals surface area contributed by atoms with Crippen molar-refractivity contribution in [1.82, 2.24) is 4.31 Å². The van der Waals surface area contributed by atoms with Crippen LogP contribution < -0.4 is 5.73 Å². The first kappa shape index (κ1) is 14.9. The van der Waals surface area contributed by atoms with Gasteiger partial charge in [-0.05, 0) is 32.7 Å². The highest BCUT2D eigenvalue weighted by atomic mass is 32.2. The summed E-state index contributed by atoms with van der Waals surface area (Å²) in [5.74, 6) is 0. The number of nitrogens with two attached hydrogens (primary N) is 1. The first-order valence-electron chi connectivity index (χ1n) is 5.10. The number of hydrogen-bond acceptors (Lipinski definition) is 3. The number of rotatable bonds is 4. The largest absolute Gasteiger partial charge is 0.330 e. The molecular formula is C10H24N2O2S. The molecule has 0 aliphatic heterocycles. The summed E-state index contributed by atoms with van der Waals surface area (Å²) in [6.45, 7) is 9.94. The van der Waals surface area contributed by atoms with E-state index in [9.17, 15) is 8.42 Å². The van der Waals surface area contributed by atoms with E-state index in [0.717, 1.165) is 0 Å². The van der Waals surface area contributed by atoms with E-state index in [0.29, 0.717) is 13.1 Å². The fourth-order valence-electron chi connectivity index (χ4n) is 1.22. The maximum absolute atomic E-state index is 12.0. The average Bonchev–Trinajstić information content (AvgIpc) is 2.01. The highest BCUT2D eigenvalue weighted by Crippen LogP contribution is 2.23. The van der Waals surface area contributed by atoms with Crippen LogP contribution in [0, 0.1) is 5.41 Å². The van der Waals surface area contributed by atoms with Gasteiger partial charge in [-0.3, -0.25) is 0 Å². The fourth-order valence-corrected chi connectivity index (χ4v) is 2.67. The zero-order valence-corrected chi connectivity index (χ0v) is 11.5. The predicted molar refractivity (Wildman–Crippen MR) is 64.1 cm³/mol. The lowest BCUT2D eigenvalue weighted by molar-refractivity contribution is 0.287. The van der Waals surface area contributed by atoms with Gasteiger partial charge in [-0.15, -0.1) is 0 Å². The maximum atomic E-state index is 12.0. The van der Waals surface area contributed by atoms with Crippen LogP contribution in [0.3, 0.4) is 0 Å². The molecule has 0 bridgehead atoms. The van der Waals surface area contributed by atoms with Crippen molar-refractivity contribution >= 4 is 10.0 Å². The summed E-state index contributed by atoms with van der Waals surface area (Å²) in [7, 11) is -1.63. The Bertz CT molecular complexity index is 302. The van der Waals surface area contributed by atoms with Crippen molar-refractivity contribution in [2.45, 2.75) is 39.4 Å². The summed E-state index contributed by atoms with van der Waals surface area (Å²) in [6, 6.07) is 0. The molecule has 0 heterocycles. The number of hydrogen-bond donors (Lipinski definition) is 1. The highest BCUT2D eigenvalue weighted by molar-refractivity contribution is 7.90. The molecule has 0 saturated carbocycles. The fraction of sp³-hybridized carbons (Fsp3) is 1.00. The van der Waals surface area contributed by atoms with E-state index in [1.54, 1.807) is 27.8 Å². The summed E-state index contributed by atoms with van der Waals surface area (Å²) < 4.78 is 24.7. The van der Waals surface area contributed by atoms with Crippen LogP contribution in [0.5, 0.6) is 0 Å².